The first kappa shape index (κ1) is 15.0. The second-order valence-electron chi connectivity index (χ2n) is 6.17. The molecule has 20 heavy (non-hydrogen) atoms. The normalized spacial score (nSPS) is 22.6. The Balaban J connectivity index is 1.95. The third kappa shape index (κ3) is 3.60. The lowest BCUT2D eigenvalue weighted by Gasteiger charge is -2.33. The molecular formula is C17H26N2O. The number of nitrogens with zero attached hydrogens (tertiary/aromatic N) is 1. The molecule has 0 radical (unpaired) electrons. The Morgan fingerprint density at radius 2 is 1.85 bits per heavy atom. The molecule has 1 saturated carbocycles. The molecule has 0 saturated heterocycles. The van der Waals surface area contributed by atoms with E-state index in [9.17, 15) is 4.79 Å². The molecule has 2 rings (SSSR count). The first-order valence-electron chi connectivity index (χ1n) is 7.54. The molecule has 3 heteroatoms. The topological polar surface area (TPSA) is 46.3 Å². The minimum Gasteiger partial charge on any atom is -0.342 e. The maximum atomic E-state index is 12.4. The molecular weight excluding hydrogens is 248 g/mol. The largest absolute Gasteiger partial charge is 0.342 e. The van der Waals surface area contributed by atoms with Crippen LogP contribution in [0.1, 0.15) is 42.4 Å². The van der Waals surface area contributed by atoms with Crippen molar-refractivity contribution in [2.45, 2.75) is 58.0 Å². The van der Waals surface area contributed by atoms with E-state index in [0.29, 0.717) is 18.5 Å². The summed E-state index contributed by atoms with van der Waals surface area (Å²) in [5.74, 6) is 0.216. The van der Waals surface area contributed by atoms with Gasteiger partial charge in [-0.05, 0) is 56.2 Å². The number of rotatable bonds is 3. The third-order valence-electron chi connectivity index (χ3n) is 4.61. The Morgan fingerprint density at radius 1 is 1.20 bits per heavy atom. The maximum absolute atomic E-state index is 12.4. The monoisotopic (exact) mass is 274 g/mol. The Kier molecular flexibility index (Phi) is 4.81. The minimum atomic E-state index is 0.216. The van der Waals surface area contributed by atoms with Crippen molar-refractivity contribution in [1.29, 1.82) is 0 Å². The summed E-state index contributed by atoms with van der Waals surface area (Å²) in [6.07, 6.45) is 4.64. The fraction of sp³-hybridized carbons (Fsp3) is 0.588. The number of hydrogen-bond donors (Lipinski definition) is 1. The Hall–Kier alpha value is -1.35. The fourth-order valence-corrected chi connectivity index (χ4v) is 2.91. The highest BCUT2D eigenvalue weighted by molar-refractivity contribution is 5.79. The van der Waals surface area contributed by atoms with E-state index in [1.54, 1.807) is 0 Å². The molecule has 2 N–H and O–H groups in total. The van der Waals surface area contributed by atoms with Gasteiger partial charge in [0.15, 0.2) is 0 Å². The van der Waals surface area contributed by atoms with Crippen LogP contribution in [0.5, 0.6) is 0 Å². The zero-order valence-corrected chi connectivity index (χ0v) is 12.9. The van der Waals surface area contributed by atoms with Crippen molar-refractivity contribution in [1.82, 2.24) is 4.90 Å². The molecule has 0 unspecified atom stereocenters. The van der Waals surface area contributed by atoms with E-state index >= 15 is 0 Å². The number of aryl methyl sites for hydroxylation is 2. The van der Waals surface area contributed by atoms with Crippen LogP contribution in [0.25, 0.3) is 0 Å². The van der Waals surface area contributed by atoms with E-state index in [1.165, 1.54) is 11.1 Å². The van der Waals surface area contributed by atoms with Gasteiger partial charge in [0.1, 0.15) is 0 Å². The van der Waals surface area contributed by atoms with Gasteiger partial charge in [0.2, 0.25) is 5.91 Å². The van der Waals surface area contributed by atoms with Gasteiger partial charge in [-0.2, -0.15) is 0 Å². The summed E-state index contributed by atoms with van der Waals surface area (Å²) in [5.41, 5.74) is 9.56. The molecule has 0 aromatic heterocycles. The van der Waals surface area contributed by atoms with Crippen LogP contribution in [0.2, 0.25) is 0 Å². The number of amides is 1. The highest BCUT2D eigenvalue weighted by atomic mass is 16.2. The quantitative estimate of drug-likeness (QED) is 0.921. The molecule has 1 fully saturated rings. The van der Waals surface area contributed by atoms with Crippen molar-refractivity contribution < 1.29 is 4.79 Å². The Labute approximate surface area is 122 Å². The number of carbonyl (C=O) groups excluding carboxylic acids is 1. The average Bonchev–Trinajstić information content (AvgIpc) is 2.43. The fourth-order valence-electron chi connectivity index (χ4n) is 2.91. The van der Waals surface area contributed by atoms with Crippen LogP contribution in [0.4, 0.5) is 0 Å². The van der Waals surface area contributed by atoms with Crippen molar-refractivity contribution >= 4 is 5.91 Å². The van der Waals surface area contributed by atoms with Crippen LogP contribution in [0, 0.1) is 13.8 Å². The summed E-state index contributed by atoms with van der Waals surface area (Å²) >= 11 is 0. The molecule has 0 spiro atoms. The van der Waals surface area contributed by atoms with Gasteiger partial charge in [-0.25, -0.2) is 0 Å². The molecule has 1 aromatic carbocycles. The molecule has 110 valence electrons. The van der Waals surface area contributed by atoms with E-state index in [0.717, 1.165) is 31.2 Å². The van der Waals surface area contributed by atoms with Crippen molar-refractivity contribution in [2.75, 3.05) is 7.05 Å². The molecule has 0 bridgehead atoms. The van der Waals surface area contributed by atoms with E-state index < -0.39 is 0 Å². The minimum absolute atomic E-state index is 0.216. The van der Waals surface area contributed by atoms with Crippen molar-refractivity contribution in [2.24, 2.45) is 5.73 Å². The van der Waals surface area contributed by atoms with Gasteiger partial charge < -0.3 is 10.6 Å². The van der Waals surface area contributed by atoms with Crippen LogP contribution in [-0.4, -0.2) is 29.9 Å². The lowest BCUT2D eigenvalue weighted by Crippen LogP contribution is -2.42. The SMILES string of the molecule is Cc1ccc(CC(=O)N(C)C2CCC(N)CC2)cc1C. The van der Waals surface area contributed by atoms with Crippen LogP contribution in [0.3, 0.4) is 0 Å². The van der Waals surface area contributed by atoms with Gasteiger partial charge in [-0.1, -0.05) is 18.2 Å². The number of likely N-dealkylation sites (N-methyl/N-ethyl adjacent to an activating group) is 1. The van der Waals surface area contributed by atoms with Gasteiger partial charge in [-0.3, -0.25) is 4.79 Å². The van der Waals surface area contributed by atoms with Crippen molar-refractivity contribution in [3.05, 3.63) is 34.9 Å². The van der Waals surface area contributed by atoms with Crippen LogP contribution in [0.15, 0.2) is 18.2 Å². The molecule has 3 nitrogen and oxygen atoms in total. The molecule has 0 heterocycles. The van der Waals surface area contributed by atoms with Gasteiger partial charge in [0.25, 0.3) is 0 Å². The predicted molar refractivity (Wildman–Crippen MR) is 82.6 cm³/mol. The lowest BCUT2D eigenvalue weighted by molar-refractivity contribution is -0.131. The first-order valence-corrected chi connectivity index (χ1v) is 7.54. The molecule has 1 aliphatic rings. The van der Waals surface area contributed by atoms with E-state index in [1.807, 2.05) is 11.9 Å². The molecule has 0 aliphatic heterocycles. The summed E-state index contributed by atoms with van der Waals surface area (Å²) in [7, 11) is 1.94. The Bertz CT molecular complexity index is 476. The summed E-state index contributed by atoms with van der Waals surface area (Å²) in [4.78, 5) is 14.3. The number of hydrogen-bond acceptors (Lipinski definition) is 2. The average molecular weight is 274 g/mol. The van der Waals surface area contributed by atoms with Gasteiger partial charge in [0.05, 0.1) is 6.42 Å². The zero-order valence-electron chi connectivity index (χ0n) is 12.9. The summed E-state index contributed by atoms with van der Waals surface area (Å²) in [5, 5.41) is 0. The Morgan fingerprint density at radius 3 is 2.45 bits per heavy atom. The predicted octanol–water partition coefficient (Wildman–Crippen LogP) is 2.57. The highest BCUT2D eigenvalue weighted by Gasteiger charge is 2.24. The smallest absolute Gasteiger partial charge is 0.226 e. The number of benzene rings is 1. The van der Waals surface area contributed by atoms with Crippen molar-refractivity contribution in [3.63, 3.8) is 0 Å². The van der Waals surface area contributed by atoms with Gasteiger partial charge >= 0.3 is 0 Å². The zero-order chi connectivity index (χ0) is 14.7. The van der Waals surface area contributed by atoms with Gasteiger partial charge in [0, 0.05) is 19.1 Å². The van der Waals surface area contributed by atoms with E-state index in [-0.39, 0.29) is 5.91 Å². The van der Waals surface area contributed by atoms with Crippen LogP contribution >= 0.6 is 0 Å². The van der Waals surface area contributed by atoms with E-state index in [2.05, 4.69) is 32.0 Å². The second kappa shape index (κ2) is 6.40. The molecule has 1 amide bonds. The number of carbonyl (C=O) groups is 1. The molecule has 0 atom stereocenters. The third-order valence-corrected chi connectivity index (χ3v) is 4.61. The van der Waals surface area contributed by atoms with Crippen LogP contribution < -0.4 is 5.73 Å². The van der Waals surface area contributed by atoms with Crippen LogP contribution in [-0.2, 0) is 11.2 Å². The summed E-state index contributed by atoms with van der Waals surface area (Å²) < 4.78 is 0. The molecule has 1 aromatic rings. The first-order chi connectivity index (χ1) is 9.47. The van der Waals surface area contributed by atoms with E-state index in [4.69, 9.17) is 5.73 Å². The molecule has 1 aliphatic carbocycles. The van der Waals surface area contributed by atoms with Crippen molar-refractivity contribution in [3.8, 4) is 0 Å². The standard InChI is InChI=1S/C17H26N2O/c1-12-4-5-14(10-13(12)2)11-17(20)19(3)16-8-6-15(18)7-9-16/h4-5,10,15-16H,6-9,11,18H2,1-3H3. The highest BCUT2D eigenvalue weighted by Crippen LogP contribution is 2.22. The lowest BCUT2D eigenvalue weighted by atomic mass is 9.90. The summed E-state index contributed by atoms with van der Waals surface area (Å²) in [6, 6.07) is 6.98. The summed E-state index contributed by atoms with van der Waals surface area (Å²) in [6.45, 7) is 4.19. The second-order valence-corrected chi connectivity index (χ2v) is 6.17. The number of nitrogens with two attached hydrogens (primary N) is 1. The van der Waals surface area contributed by atoms with Gasteiger partial charge in [-0.15, -0.1) is 0 Å². The maximum Gasteiger partial charge on any atom is 0.226 e.